The second-order valence-electron chi connectivity index (χ2n) is 8.19. The first kappa shape index (κ1) is 21.2. The zero-order valence-corrected chi connectivity index (χ0v) is 16.3. The van der Waals surface area contributed by atoms with Gasteiger partial charge in [0, 0.05) is 12.6 Å². The first-order valence-electron chi connectivity index (χ1n) is 9.56. The van der Waals surface area contributed by atoms with E-state index in [-0.39, 0.29) is 30.5 Å². The monoisotopic (exact) mass is 379 g/mol. The van der Waals surface area contributed by atoms with Gasteiger partial charge in [-0.3, -0.25) is 9.59 Å². The molecule has 1 atom stereocenters. The van der Waals surface area contributed by atoms with Crippen LogP contribution < -0.4 is 5.32 Å². The highest BCUT2D eigenvalue weighted by atomic mass is 16.7. The lowest BCUT2D eigenvalue weighted by Crippen LogP contribution is -2.44. The van der Waals surface area contributed by atoms with Gasteiger partial charge in [-0.1, -0.05) is 0 Å². The van der Waals surface area contributed by atoms with Crippen molar-refractivity contribution in [3.8, 4) is 6.07 Å². The summed E-state index contributed by atoms with van der Waals surface area (Å²) in [5.74, 6) is -0.925. The maximum absolute atomic E-state index is 12.3. The Labute approximate surface area is 160 Å². The number of hydrogen-bond donors (Lipinski definition) is 1. The van der Waals surface area contributed by atoms with Gasteiger partial charge in [0.05, 0.1) is 18.5 Å². The molecule has 1 saturated carbocycles. The van der Waals surface area contributed by atoms with Gasteiger partial charge in [-0.15, -0.1) is 0 Å². The van der Waals surface area contributed by atoms with Gasteiger partial charge in [-0.25, -0.2) is 4.79 Å². The molecule has 0 aromatic rings. The molecule has 0 aromatic carbocycles. The van der Waals surface area contributed by atoms with E-state index in [2.05, 4.69) is 11.4 Å². The normalized spacial score (nSPS) is 25.6. The van der Waals surface area contributed by atoms with E-state index in [9.17, 15) is 14.4 Å². The maximum atomic E-state index is 12.3. The van der Waals surface area contributed by atoms with E-state index >= 15 is 0 Å². The summed E-state index contributed by atoms with van der Waals surface area (Å²) in [7, 11) is 0. The Balaban J connectivity index is 1.69. The molecule has 2 aliphatic rings. The fraction of sp³-hybridized carbons (Fsp3) is 0.789. The molecule has 8 heteroatoms. The smallest absolute Gasteiger partial charge is 0.428 e. The third kappa shape index (κ3) is 6.51. The van der Waals surface area contributed by atoms with Crippen LogP contribution in [0.2, 0.25) is 0 Å². The average molecular weight is 379 g/mol. The van der Waals surface area contributed by atoms with Gasteiger partial charge < -0.3 is 19.7 Å². The Kier molecular flexibility index (Phi) is 7.19. The van der Waals surface area contributed by atoms with Gasteiger partial charge in [-0.05, 0) is 59.3 Å². The summed E-state index contributed by atoms with van der Waals surface area (Å²) in [6.07, 6.45) is 3.29. The number of amides is 1. The van der Waals surface area contributed by atoms with Gasteiger partial charge in [0.15, 0.2) is 0 Å². The second kappa shape index (κ2) is 9.18. The van der Waals surface area contributed by atoms with Crippen molar-refractivity contribution in [3.05, 3.63) is 0 Å². The Morgan fingerprint density at radius 3 is 2.41 bits per heavy atom. The Morgan fingerprint density at radius 2 is 1.81 bits per heavy atom. The first-order chi connectivity index (χ1) is 12.7. The minimum absolute atomic E-state index is 0.0505. The molecule has 0 unspecified atom stereocenters. The summed E-state index contributed by atoms with van der Waals surface area (Å²) >= 11 is 0. The highest BCUT2D eigenvalue weighted by Gasteiger charge is 2.32. The van der Waals surface area contributed by atoms with Crippen molar-refractivity contribution in [2.24, 2.45) is 5.92 Å². The van der Waals surface area contributed by atoms with Gasteiger partial charge in [0.2, 0.25) is 5.91 Å². The van der Waals surface area contributed by atoms with Crippen molar-refractivity contribution < 1.29 is 23.9 Å². The molecule has 0 radical (unpaired) electrons. The van der Waals surface area contributed by atoms with Crippen molar-refractivity contribution in [2.45, 2.75) is 77.0 Å². The van der Waals surface area contributed by atoms with Crippen LogP contribution in [0, 0.1) is 17.2 Å². The summed E-state index contributed by atoms with van der Waals surface area (Å²) in [6.45, 7) is 5.96. The summed E-state index contributed by atoms with van der Waals surface area (Å²) in [5, 5.41) is 12.3. The quantitative estimate of drug-likeness (QED) is 0.588. The number of carbonyl (C=O) groups excluding carboxylic acids is 3. The molecule has 2 rings (SSSR count). The molecule has 1 aliphatic carbocycles. The number of esters is 1. The summed E-state index contributed by atoms with van der Waals surface area (Å²) in [6, 6.07) is 2.00. The van der Waals surface area contributed by atoms with Crippen LogP contribution in [0.1, 0.15) is 59.3 Å². The van der Waals surface area contributed by atoms with E-state index in [0.717, 1.165) is 25.7 Å². The van der Waals surface area contributed by atoms with Gasteiger partial charge in [0.25, 0.3) is 0 Å². The molecule has 1 aliphatic heterocycles. The third-order valence-electron chi connectivity index (χ3n) is 4.90. The van der Waals surface area contributed by atoms with Crippen molar-refractivity contribution in [1.29, 1.82) is 5.26 Å². The third-order valence-corrected chi connectivity index (χ3v) is 4.90. The molecule has 1 heterocycles. The molecule has 0 spiro atoms. The predicted molar refractivity (Wildman–Crippen MR) is 96.4 cm³/mol. The van der Waals surface area contributed by atoms with Crippen molar-refractivity contribution in [1.82, 2.24) is 10.2 Å². The molecule has 1 amide bonds. The minimum Gasteiger partial charge on any atom is -0.428 e. The molecule has 8 nitrogen and oxygen atoms in total. The summed E-state index contributed by atoms with van der Waals surface area (Å²) < 4.78 is 9.77. The van der Waals surface area contributed by atoms with Crippen molar-refractivity contribution in [3.63, 3.8) is 0 Å². The lowest BCUT2D eigenvalue weighted by atomic mass is 9.86. The number of nitriles is 1. The number of nitrogens with one attached hydrogen (secondary N) is 1. The Morgan fingerprint density at radius 1 is 1.15 bits per heavy atom. The molecule has 1 N–H and O–H groups in total. The molecular weight excluding hydrogens is 350 g/mol. The predicted octanol–water partition coefficient (Wildman–Crippen LogP) is 2.13. The molecule has 0 bridgehead atoms. The fourth-order valence-corrected chi connectivity index (χ4v) is 3.50. The van der Waals surface area contributed by atoms with E-state index in [4.69, 9.17) is 14.7 Å². The van der Waals surface area contributed by atoms with Crippen LogP contribution in [0.25, 0.3) is 0 Å². The van der Waals surface area contributed by atoms with Crippen LogP contribution in [0.5, 0.6) is 0 Å². The molecule has 0 aromatic heterocycles. The number of carbonyl (C=O) groups is 3. The lowest BCUT2D eigenvalue weighted by molar-refractivity contribution is -0.147. The van der Waals surface area contributed by atoms with E-state index < -0.39 is 17.7 Å². The minimum atomic E-state index is -0.962. The lowest BCUT2D eigenvalue weighted by Gasteiger charge is -2.28. The largest absolute Gasteiger partial charge is 0.516 e. The number of hydrogen-bond acceptors (Lipinski definition) is 7. The second-order valence-corrected chi connectivity index (χ2v) is 8.19. The molecule has 27 heavy (non-hydrogen) atoms. The number of rotatable bonds is 4. The molecule has 150 valence electrons. The van der Waals surface area contributed by atoms with Crippen LogP contribution >= 0.6 is 0 Å². The van der Waals surface area contributed by atoms with Crippen molar-refractivity contribution >= 4 is 18.0 Å². The molecule has 1 saturated heterocycles. The zero-order valence-electron chi connectivity index (χ0n) is 16.3. The molecule has 2 fully saturated rings. The van der Waals surface area contributed by atoms with E-state index in [1.807, 2.05) is 0 Å². The topological polar surface area (TPSA) is 109 Å². The van der Waals surface area contributed by atoms with Gasteiger partial charge in [-0.2, -0.15) is 5.26 Å². The SMILES string of the molecule is CC(C)(C)OC(=O)OC(=O)C1CCC(NCC(=O)N2CCC[C@H]2C#N)CC1. The Bertz CT molecular complexity index is 599. The highest BCUT2D eigenvalue weighted by molar-refractivity contribution is 5.83. The first-order valence-corrected chi connectivity index (χ1v) is 9.56. The van der Waals surface area contributed by atoms with Crippen LogP contribution in [0.4, 0.5) is 4.79 Å². The van der Waals surface area contributed by atoms with Crippen LogP contribution in [0.3, 0.4) is 0 Å². The average Bonchev–Trinajstić information content (AvgIpc) is 3.07. The van der Waals surface area contributed by atoms with Crippen LogP contribution in [-0.4, -0.2) is 53.7 Å². The Hall–Kier alpha value is -2.14. The van der Waals surface area contributed by atoms with E-state index in [1.54, 1.807) is 25.7 Å². The standard InChI is InChI=1S/C19H29N3O5/c1-19(2,3)27-18(25)26-17(24)13-6-8-14(9-7-13)21-12-16(23)22-10-4-5-15(22)11-20/h13-15,21H,4-10,12H2,1-3H3/t13?,14?,15-/m0/s1. The summed E-state index contributed by atoms with van der Waals surface area (Å²) in [5.41, 5.74) is -0.703. The molecular formula is C19H29N3O5. The summed E-state index contributed by atoms with van der Waals surface area (Å²) in [4.78, 5) is 37.6. The van der Waals surface area contributed by atoms with Gasteiger partial charge in [0.1, 0.15) is 11.6 Å². The fourth-order valence-electron chi connectivity index (χ4n) is 3.50. The van der Waals surface area contributed by atoms with E-state index in [0.29, 0.717) is 19.4 Å². The highest BCUT2D eigenvalue weighted by Crippen LogP contribution is 2.26. The number of nitrogens with zero attached hydrogens (tertiary/aromatic N) is 2. The number of likely N-dealkylation sites (tertiary alicyclic amines) is 1. The zero-order chi connectivity index (χ0) is 20.0. The van der Waals surface area contributed by atoms with Crippen LogP contribution in [-0.2, 0) is 19.1 Å². The maximum Gasteiger partial charge on any atom is 0.516 e. The number of ether oxygens (including phenoxy) is 2. The van der Waals surface area contributed by atoms with Gasteiger partial charge >= 0.3 is 12.1 Å². The van der Waals surface area contributed by atoms with Crippen molar-refractivity contribution in [2.75, 3.05) is 13.1 Å². The van der Waals surface area contributed by atoms with Crippen LogP contribution in [0.15, 0.2) is 0 Å². The van der Waals surface area contributed by atoms with E-state index in [1.165, 1.54) is 0 Å².